The van der Waals surface area contributed by atoms with Gasteiger partial charge in [0.15, 0.2) is 11.6 Å². The monoisotopic (exact) mass is 470 g/mol. The van der Waals surface area contributed by atoms with Crippen LogP contribution in [0.4, 0.5) is 20.6 Å². The number of nitrogens with zero attached hydrogens (tertiary/aromatic N) is 2. The highest BCUT2D eigenvalue weighted by molar-refractivity contribution is 6.02. The molecule has 2 amide bonds. The molecule has 3 N–H and O–H groups in total. The summed E-state index contributed by atoms with van der Waals surface area (Å²) in [6.07, 6.45) is 1.63. The van der Waals surface area contributed by atoms with Crippen LogP contribution in [-0.4, -0.2) is 50.8 Å². The second-order valence-electron chi connectivity index (χ2n) is 8.88. The molecule has 0 bridgehead atoms. The Kier molecular flexibility index (Phi) is 7.04. The lowest BCUT2D eigenvalue weighted by Crippen LogP contribution is -2.52. The summed E-state index contributed by atoms with van der Waals surface area (Å²) in [4.78, 5) is 28.7. The number of nitrogens with one attached hydrogen (secondary N) is 1. The molecular weight excluding hydrogens is 439 g/mol. The van der Waals surface area contributed by atoms with Crippen molar-refractivity contribution in [2.24, 2.45) is 5.73 Å². The molecule has 34 heavy (non-hydrogen) atoms. The van der Waals surface area contributed by atoms with E-state index in [-0.39, 0.29) is 30.2 Å². The van der Waals surface area contributed by atoms with Crippen LogP contribution in [-0.2, 0) is 4.79 Å². The van der Waals surface area contributed by atoms with E-state index in [0.29, 0.717) is 29.7 Å². The van der Waals surface area contributed by atoms with Crippen molar-refractivity contribution in [3.05, 3.63) is 47.8 Å². The molecular formula is C25H31FN4O4. The van der Waals surface area contributed by atoms with Crippen molar-refractivity contribution >= 4 is 23.4 Å². The molecule has 4 rings (SSSR count). The summed E-state index contributed by atoms with van der Waals surface area (Å²) in [7, 11) is 1.43. The van der Waals surface area contributed by atoms with Crippen LogP contribution in [0.2, 0.25) is 0 Å². The summed E-state index contributed by atoms with van der Waals surface area (Å²) < 4.78 is 24.8. The van der Waals surface area contributed by atoms with Crippen molar-refractivity contribution < 1.29 is 23.5 Å². The fraction of sp³-hybridized carbons (Fsp3) is 0.440. The Morgan fingerprint density at radius 1 is 1.21 bits per heavy atom. The highest BCUT2D eigenvalue weighted by atomic mass is 19.1. The van der Waals surface area contributed by atoms with E-state index in [9.17, 15) is 14.0 Å². The lowest BCUT2D eigenvalue weighted by molar-refractivity contribution is -0.117. The number of nitrogens with two attached hydrogens (primary N) is 1. The van der Waals surface area contributed by atoms with E-state index in [1.54, 1.807) is 4.90 Å². The van der Waals surface area contributed by atoms with Gasteiger partial charge in [-0.3, -0.25) is 9.69 Å². The first-order valence-corrected chi connectivity index (χ1v) is 11.5. The van der Waals surface area contributed by atoms with E-state index in [2.05, 4.69) is 5.32 Å². The first kappa shape index (κ1) is 24.0. The van der Waals surface area contributed by atoms with Gasteiger partial charge in [0.05, 0.1) is 24.5 Å². The molecule has 2 aromatic rings. The van der Waals surface area contributed by atoms with Crippen molar-refractivity contribution in [2.45, 2.75) is 44.7 Å². The van der Waals surface area contributed by atoms with E-state index >= 15 is 0 Å². The lowest BCUT2D eigenvalue weighted by atomic mass is 9.96. The van der Waals surface area contributed by atoms with Crippen LogP contribution in [0.15, 0.2) is 36.4 Å². The zero-order valence-corrected chi connectivity index (χ0v) is 19.7. The summed E-state index contributed by atoms with van der Waals surface area (Å²) >= 11 is 0. The number of carbonyl (C=O) groups excluding carboxylic acids is 2. The van der Waals surface area contributed by atoms with Gasteiger partial charge < -0.3 is 25.4 Å². The van der Waals surface area contributed by atoms with Gasteiger partial charge in [-0.2, -0.15) is 0 Å². The number of anilines is 2. The van der Waals surface area contributed by atoms with E-state index < -0.39 is 11.9 Å². The van der Waals surface area contributed by atoms with Gasteiger partial charge in [0.2, 0.25) is 5.91 Å². The maximum absolute atomic E-state index is 14.4. The molecule has 0 aromatic heterocycles. The maximum atomic E-state index is 14.4. The van der Waals surface area contributed by atoms with Crippen LogP contribution < -0.4 is 30.3 Å². The summed E-state index contributed by atoms with van der Waals surface area (Å²) in [5.74, 6) is -0.650. The van der Waals surface area contributed by atoms with Gasteiger partial charge in [-0.1, -0.05) is 6.07 Å². The van der Waals surface area contributed by atoms with Gasteiger partial charge in [-0.25, -0.2) is 9.18 Å². The van der Waals surface area contributed by atoms with Gasteiger partial charge in [0, 0.05) is 44.6 Å². The minimum Gasteiger partial charge on any atom is -0.497 e. The Hall–Kier alpha value is -3.17. The van der Waals surface area contributed by atoms with Crippen molar-refractivity contribution in [3.63, 3.8) is 0 Å². The molecule has 0 saturated heterocycles. The van der Waals surface area contributed by atoms with Crippen molar-refractivity contribution in [1.82, 2.24) is 5.32 Å². The maximum Gasteiger partial charge on any atom is 0.419 e. The topological polar surface area (TPSA) is 97.1 Å². The van der Waals surface area contributed by atoms with E-state index in [1.165, 1.54) is 43.9 Å². The van der Waals surface area contributed by atoms with Gasteiger partial charge >= 0.3 is 6.09 Å². The van der Waals surface area contributed by atoms with Crippen LogP contribution in [0.3, 0.4) is 0 Å². The Bertz CT molecular complexity index is 1070. The molecule has 182 valence electrons. The zero-order valence-electron chi connectivity index (χ0n) is 19.7. The third kappa shape index (κ3) is 5.00. The normalized spacial score (nSPS) is 18.3. The summed E-state index contributed by atoms with van der Waals surface area (Å²) in [5, 5.41) is 3.50. The first-order chi connectivity index (χ1) is 16.3. The van der Waals surface area contributed by atoms with Crippen molar-refractivity contribution in [3.8, 4) is 11.5 Å². The highest BCUT2D eigenvalue weighted by Crippen LogP contribution is 2.38. The Morgan fingerprint density at radius 3 is 2.59 bits per heavy atom. The van der Waals surface area contributed by atoms with E-state index in [0.717, 1.165) is 18.2 Å². The predicted molar refractivity (Wildman–Crippen MR) is 128 cm³/mol. The molecule has 1 aliphatic heterocycles. The number of rotatable bonds is 7. The molecule has 1 heterocycles. The number of amides is 2. The van der Waals surface area contributed by atoms with Crippen LogP contribution in [0.1, 0.15) is 38.2 Å². The molecule has 0 spiro atoms. The molecule has 9 heteroatoms. The zero-order chi connectivity index (χ0) is 24.4. The number of halogens is 1. The molecule has 2 aromatic carbocycles. The minimum atomic E-state index is -0.724. The summed E-state index contributed by atoms with van der Waals surface area (Å²) in [6, 6.07) is 9.97. The molecule has 2 aliphatic rings. The molecule has 1 fully saturated rings. The molecule has 2 atom stereocenters. The number of carbonyl (C=O) groups is 2. The molecule has 1 saturated carbocycles. The first-order valence-electron chi connectivity index (χ1n) is 11.5. The third-order valence-electron chi connectivity index (χ3n) is 6.32. The van der Waals surface area contributed by atoms with Gasteiger partial charge in [-0.05, 0) is 49.6 Å². The second-order valence-corrected chi connectivity index (χ2v) is 8.88. The Balaban J connectivity index is 1.65. The average molecular weight is 471 g/mol. The highest BCUT2D eigenvalue weighted by Gasteiger charge is 2.35. The number of hydrogen-bond donors (Lipinski definition) is 2. The van der Waals surface area contributed by atoms with Gasteiger partial charge in [-0.15, -0.1) is 0 Å². The van der Waals surface area contributed by atoms with Crippen LogP contribution >= 0.6 is 0 Å². The lowest BCUT2D eigenvalue weighted by Gasteiger charge is -2.40. The Labute approximate surface area is 198 Å². The fourth-order valence-electron chi connectivity index (χ4n) is 4.32. The average Bonchev–Trinajstić information content (AvgIpc) is 3.64. The standard InChI is InChI=1S/C25H31FN4O4/c1-15-14-29(25(32)34-24-9-7-20(33-3)11-21(24)26)23-10-17(4-8-22(23)30(15)16(2)31)18(12-27)13-28-19-5-6-19/h4,7-11,15,18-19,28H,5-6,12-14,27H2,1-3H3/t15-,18?/m0/s1. The number of ether oxygens (including phenoxy) is 2. The van der Waals surface area contributed by atoms with E-state index in [4.69, 9.17) is 15.2 Å². The summed E-state index contributed by atoms with van der Waals surface area (Å²) in [5.41, 5.74) is 8.16. The van der Waals surface area contributed by atoms with Gasteiger partial charge in [0.1, 0.15) is 5.75 Å². The van der Waals surface area contributed by atoms with Crippen molar-refractivity contribution in [2.75, 3.05) is 36.5 Å². The molecule has 0 radical (unpaired) electrons. The van der Waals surface area contributed by atoms with Crippen molar-refractivity contribution in [1.29, 1.82) is 0 Å². The largest absolute Gasteiger partial charge is 0.497 e. The SMILES string of the molecule is COc1ccc(OC(=O)N2C[C@H](C)N(C(C)=O)c3ccc(C(CN)CNC4CC4)cc32)c(F)c1. The number of methoxy groups -OCH3 is 1. The number of hydrogen-bond acceptors (Lipinski definition) is 6. The summed E-state index contributed by atoms with van der Waals surface area (Å²) in [6.45, 7) is 4.73. The van der Waals surface area contributed by atoms with Crippen LogP contribution in [0.5, 0.6) is 11.5 Å². The van der Waals surface area contributed by atoms with E-state index in [1.807, 2.05) is 25.1 Å². The smallest absolute Gasteiger partial charge is 0.419 e. The Morgan fingerprint density at radius 2 is 1.97 bits per heavy atom. The van der Waals surface area contributed by atoms with Gasteiger partial charge in [0.25, 0.3) is 0 Å². The minimum absolute atomic E-state index is 0.0490. The van der Waals surface area contributed by atoms with Crippen LogP contribution in [0, 0.1) is 5.82 Å². The molecule has 1 aliphatic carbocycles. The quantitative estimate of drug-likeness (QED) is 0.644. The van der Waals surface area contributed by atoms with Crippen LogP contribution in [0.25, 0.3) is 0 Å². The number of fused-ring (bicyclic) bond motifs is 1. The fourth-order valence-corrected chi connectivity index (χ4v) is 4.32. The third-order valence-corrected chi connectivity index (χ3v) is 6.32. The molecule has 8 nitrogen and oxygen atoms in total. The number of benzene rings is 2. The second kappa shape index (κ2) is 9.99. The predicted octanol–water partition coefficient (Wildman–Crippen LogP) is 3.39. The molecule has 1 unspecified atom stereocenters.